The van der Waals surface area contributed by atoms with E-state index in [1.165, 1.54) is 58.4 Å². The van der Waals surface area contributed by atoms with Gasteiger partial charge in [0.1, 0.15) is 18.9 Å². The predicted molar refractivity (Wildman–Crippen MR) is 319 cm³/mol. The van der Waals surface area contributed by atoms with Crippen LogP contribution in [0.4, 0.5) is 20.4 Å². The highest BCUT2D eigenvalue weighted by Gasteiger charge is 2.30. The number of esters is 1. The maximum Gasteiger partial charge on any atom is 0.325 e. The van der Waals surface area contributed by atoms with Crippen molar-refractivity contribution in [2.75, 3.05) is 56.0 Å². The number of thiazole rings is 1. The minimum absolute atomic E-state index is 0.0256. The second kappa shape index (κ2) is 29.5. The Morgan fingerprint density at radius 2 is 1.48 bits per heavy atom. The van der Waals surface area contributed by atoms with Crippen LogP contribution in [-0.2, 0) is 45.3 Å². The Kier molecular flexibility index (Phi) is 21.8. The van der Waals surface area contributed by atoms with E-state index in [4.69, 9.17) is 10.7 Å². The second-order valence-electron chi connectivity index (χ2n) is 21.0. The highest BCUT2D eigenvalue weighted by molar-refractivity contribution is 7.92. The molecule has 1 fully saturated rings. The Bertz CT molecular complexity index is 3670. The Morgan fingerprint density at radius 1 is 0.776 bits per heavy atom. The quantitative estimate of drug-likeness (QED) is 0.0218. The average Bonchev–Trinajstić information content (AvgIpc) is 4.22. The van der Waals surface area contributed by atoms with Gasteiger partial charge in [0.05, 0.1) is 69.3 Å². The molecule has 1 saturated heterocycles. The number of hydrogen-bond acceptors (Lipinski definition) is 16. The first kappa shape index (κ1) is 62.8. The van der Waals surface area contributed by atoms with E-state index < -0.39 is 45.3 Å². The van der Waals surface area contributed by atoms with Crippen molar-refractivity contribution in [3.8, 4) is 33.0 Å². The summed E-state index contributed by atoms with van der Waals surface area (Å²) in [5, 5.41) is 18.2. The molecular weight excluding hydrogens is 1140 g/mol. The van der Waals surface area contributed by atoms with Crippen LogP contribution in [0.5, 0.6) is 0 Å². The van der Waals surface area contributed by atoms with Crippen LogP contribution in [0.3, 0.4) is 0 Å². The zero-order valence-electron chi connectivity index (χ0n) is 47.9. The van der Waals surface area contributed by atoms with Gasteiger partial charge in [0.15, 0.2) is 5.82 Å². The summed E-state index contributed by atoms with van der Waals surface area (Å²) in [5.41, 5.74) is 8.79. The molecule has 0 saturated carbocycles. The molecule has 1 aliphatic rings. The number of methoxy groups -OCH3 is 1. The fourth-order valence-corrected chi connectivity index (χ4v) is 12.7. The lowest BCUT2D eigenvalue weighted by Crippen LogP contribution is -2.40. The largest absolute Gasteiger partial charge is 0.468 e. The molecule has 22 nitrogen and oxygen atoms in total. The molecule has 0 bridgehead atoms. The molecule has 5 heterocycles. The Labute approximate surface area is 495 Å². The molecule has 85 heavy (non-hydrogen) atoms. The molecule has 7 aromatic rings. The van der Waals surface area contributed by atoms with Crippen molar-refractivity contribution in [1.29, 1.82) is 0 Å². The Hall–Kier alpha value is -8.26. The minimum Gasteiger partial charge on any atom is -0.468 e. The van der Waals surface area contributed by atoms with Crippen LogP contribution in [0.15, 0.2) is 67.0 Å². The molecule has 8 rings (SSSR count). The number of rotatable bonds is 29. The van der Waals surface area contributed by atoms with E-state index >= 15 is 8.78 Å². The number of fused-ring (bicyclic) bond motifs is 2. The number of unbranched alkanes of at least 4 members (excludes halogenated alkanes) is 8. The molecule has 0 unspecified atom stereocenters. The molecule has 3 aromatic carbocycles. The van der Waals surface area contributed by atoms with E-state index in [0.717, 1.165) is 62.8 Å². The van der Waals surface area contributed by atoms with Crippen molar-refractivity contribution in [3.63, 3.8) is 0 Å². The molecule has 0 aliphatic carbocycles. The highest BCUT2D eigenvalue weighted by atomic mass is 32.2. The number of likely N-dealkylation sites (tertiary alicyclic amines) is 1. The molecule has 0 radical (unpaired) electrons. The highest BCUT2D eigenvalue weighted by Crippen LogP contribution is 2.43. The number of nitrogens with two attached hydrogens (primary N) is 1. The summed E-state index contributed by atoms with van der Waals surface area (Å²) in [7, 11) is -2.56. The van der Waals surface area contributed by atoms with Crippen LogP contribution >= 0.6 is 11.3 Å². The summed E-state index contributed by atoms with van der Waals surface area (Å²) in [6.07, 6.45) is 13.8. The summed E-state index contributed by atoms with van der Waals surface area (Å²) in [6.45, 7) is 4.16. The molecular formula is C59H71F2N13O9S2. The number of anilines is 2. The molecule has 0 atom stereocenters. The molecule has 4 aromatic heterocycles. The van der Waals surface area contributed by atoms with Gasteiger partial charge in [-0.1, -0.05) is 70.1 Å². The first-order valence-corrected chi connectivity index (χ1v) is 31.1. The van der Waals surface area contributed by atoms with Gasteiger partial charge >= 0.3 is 5.97 Å². The van der Waals surface area contributed by atoms with Gasteiger partial charge in [0.25, 0.3) is 0 Å². The van der Waals surface area contributed by atoms with Crippen LogP contribution < -0.4 is 26.4 Å². The lowest BCUT2D eigenvalue weighted by Gasteiger charge is -2.31. The molecule has 1 aliphatic heterocycles. The summed E-state index contributed by atoms with van der Waals surface area (Å²) >= 11 is 1.39. The number of amides is 4. The van der Waals surface area contributed by atoms with Crippen LogP contribution in [0.25, 0.3) is 54.8 Å². The van der Waals surface area contributed by atoms with Gasteiger partial charge in [-0.15, -0.1) is 11.3 Å². The molecule has 26 heteroatoms. The number of ether oxygens (including phenoxy) is 1. The zero-order chi connectivity index (χ0) is 60.6. The summed E-state index contributed by atoms with van der Waals surface area (Å²) < 4.78 is 66.4. The molecule has 0 spiro atoms. The third kappa shape index (κ3) is 16.6. The van der Waals surface area contributed by atoms with Crippen molar-refractivity contribution >= 4 is 90.3 Å². The lowest BCUT2D eigenvalue weighted by atomic mass is 9.97. The molecule has 4 amide bonds. The normalized spacial score (nSPS) is 12.8. The SMILES string of the molecule is CCCS(=O)(=O)Nc1cccc(-c2nc(C3CCN(C(=O)CCCCCCCCCCCNC(=O)CCC(=O)n4ncc5cc(F)c(-c6cccc7c6c(C)nn7CC(=O)NCC(=O)NCC(=O)OC)cc54)CC3)sc2-c2ccnc(N)n2)c1F. The first-order valence-electron chi connectivity index (χ1n) is 28.6. The number of aromatic nitrogens is 7. The van der Waals surface area contributed by atoms with Crippen molar-refractivity contribution in [2.45, 2.75) is 123 Å². The van der Waals surface area contributed by atoms with Crippen molar-refractivity contribution in [1.82, 2.24) is 55.4 Å². The number of hydrogen-bond donors (Lipinski definition) is 5. The number of piperidine rings is 1. The number of carbonyl (C=O) groups excluding carboxylic acids is 6. The van der Waals surface area contributed by atoms with E-state index in [1.807, 2.05) is 4.90 Å². The number of sulfonamides is 1. The summed E-state index contributed by atoms with van der Waals surface area (Å²) in [6, 6.07) is 14.2. The molecule has 6 N–H and O–H groups in total. The van der Waals surface area contributed by atoms with Crippen molar-refractivity contribution in [3.05, 3.63) is 89.3 Å². The predicted octanol–water partition coefficient (Wildman–Crippen LogP) is 8.20. The van der Waals surface area contributed by atoms with E-state index in [1.54, 1.807) is 50.2 Å². The second-order valence-corrected chi connectivity index (χ2v) is 23.8. The fraction of sp³-hybridized carbons (Fsp3) is 0.441. The number of nitrogens with zero attached hydrogens (tertiary/aromatic N) is 8. The number of nitrogen functional groups attached to an aromatic ring is 1. The molecule has 452 valence electrons. The number of aryl methyl sites for hydroxylation is 1. The minimum atomic E-state index is -3.75. The number of halogens is 2. The van der Waals surface area contributed by atoms with Crippen molar-refractivity contribution < 1.29 is 50.7 Å². The van der Waals surface area contributed by atoms with E-state index in [2.05, 4.69) is 45.6 Å². The van der Waals surface area contributed by atoms with Gasteiger partial charge in [-0.25, -0.2) is 36.8 Å². The smallest absolute Gasteiger partial charge is 0.325 e. The summed E-state index contributed by atoms with van der Waals surface area (Å²) in [4.78, 5) is 91.4. The van der Waals surface area contributed by atoms with Crippen LogP contribution in [0.2, 0.25) is 0 Å². The maximum absolute atomic E-state index is 16.1. The first-order chi connectivity index (χ1) is 40.9. The third-order valence-electron chi connectivity index (χ3n) is 14.7. The Balaban J connectivity index is 0.705. The van der Waals surface area contributed by atoms with Crippen LogP contribution in [0, 0.1) is 18.6 Å². The van der Waals surface area contributed by atoms with Crippen LogP contribution in [-0.4, -0.2) is 129 Å². The number of carbonyl (C=O) groups is 6. The van der Waals surface area contributed by atoms with Gasteiger partial charge in [0, 0.05) is 72.9 Å². The van der Waals surface area contributed by atoms with Gasteiger partial charge in [-0.2, -0.15) is 10.2 Å². The summed E-state index contributed by atoms with van der Waals surface area (Å²) in [5.74, 6) is -3.64. The monoisotopic (exact) mass is 1210 g/mol. The van der Waals surface area contributed by atoms with Gasteiger partial charge in [0.2, 0.25) is 45.5 Å². The van der Waals surface area contributed by atoms with E-state index in [-0.39, 0.29) is 78.7 Å². The van der Waals surface area contributed by atoms with Crippen molar-refractivity contribution in [2.24, 2.45) is 0 Å². The Morgan fingerprint density at radius 3 is 2.21 bits per heavy atom. The zero-order valence-corrected chi connectivity index (χ0v) is 49.5. The van der Waals surface area contributed by atoms with Gasteiger partial charge < -0.3 is 31.3 Å². The lowest BCUT2D eigenvalue weighted by molar-refractivity contribution is -0.141. The number of benzene rings is 3. The van der Waals surface area contributed by atoms with E-state index in [9.17, 15) is 37.2 Å². The van der Waals surface area contributed by atoms with Crippen LogP contribution in [0.1, 0.15) is 125 Å². The number of nitrogens with one attached hydrogen (secondary N) is 4. The fourth-order valence-electron chi connectivity index (χ4n) is 10.4. The standard InChI is InChI=1S/C59H71F2N13O9S2/c1-4-30-85(81,82)71-44-18-14-17-41(55(44)61)56-57(45-23-27-64-59(62)68-45)84-58(69-56)38-24-28-72(29-25-38)51(78)20-12-10-8-6-5-7-9-11-13-26-63-48(75)21-22-52(79)74-47-32-42(43(60)31-39(47)33-67-74)40-16-15-19-46-54(40)37(2)70-73(46)36-50(77)65-34-49(76)66-35-53(80)83-3/h14-19,23,27,31-33,38,71H,4-13,20-22,24-26,28-30,34-36H2,1-3H3,(H,63,75)(H,65,77)(H,66,76)(H2,62,64,68). The average molecular weight is 1210 g/mol. The van der Waals surface area contributed by atoms with E-state index in [0.29, 0.717) is 94.6 Å². The third-order valence-corrected chi connectivity index (χ3v) is 17.4. The topological polar surface area (TPSA) is 297 Å². The maximum atomic E-state index is 16.1. The van der Waals surface area contributed by atoms with Gasteiger partial charge in [-0.05, 0) is 81.0 Å². The van der Waals surface area contributed by atoms with Gasteiger partial charge in [-0.3, -0.25) is 38.2 Å².